The van der Waals surface area contributed by atoms with Crippen molar-refractivity contribution in [2.45, 2.75) is 18.6 Å². The zero-order valence-electron chi connectivity index (χ0n) is 9.66. The average Bonchev–Trinajstić information content (AvgIpc) is 2.30. The molecule has 0 aliphatic carbocycles. The third-order valence-electron chi connectivity index (χ3n) is 1.54. The van der Waals surface area contributed by atoms with Crippen LogP contribution in [0.3, 0.4) is 0 Å². The van der Waals surface area contributed by atoms with E-state index in [9.17, 15) is 24.1 Å². The summed E-state index contributed by atoms with van der Waals surface area (Å²) in [5.41, 5.74) is 0. The van der Waals surface area contributed by atoms with Gasteiger partial charge in [-0.3, -0.25) is 14.1 Å². The van der Waals surface area contributed by atoms with Crippen LogP contribution in [0.25, 0.3) is 0 Å². The fourth-order valence-electron chi connectivity index (χ4n) is 0.744. The van der Waals surface area contributed by atoms with E-state index >= 15 is 0 Å². The Morgan fingerprint density at radius 1 is 1.22 bits per heavy atom. The SMILES string of the molecule is [2H][C@H](C(=O)C(=O)O)[C@H](O)C(=O)[C@H](O)COP(=O)(O)O. The summed E-state index contributed by atoms with van der Waals surface area (Å²) in [5, 5.41) is 26.5. The molecule has 11 heteroatoms. The molecule has 18 heavy (non-hydrogen) atoms. The Morgan fingerprint density at radius 3 is 2.11 bits per heavy atom. The number of hydrogen-bond donors (Lipinski definition) is 5. The molecule has 0 aromatic carbocycles. The number of carbonyl (C=O) groups excluding carboxylic acids is 2. The van der Waals surface area contributed by atoms with E-state index in [2.05, 4.69) is 4.52 Å². The van der Waals surface area contributed by atoms with Crippen molar-refractivity contribution >= 4 is 25.4 Å². The van der Waals surface area contributed by atoms with Crippen LogP contribution < -0.4 is 0 Å². The summed E-state index contributed by atoms with van der Waals surface area (Å²) in [7, 11) is -4.95. The van der Waals surface area contributed by atoms with Gasteiger partial charge >= 0.3 is 13.8 Å². The molecule has 0 saturated heterocycles. The number of aliphatic carboxylic acids is 1. The molecule has 0 heterocycles. The molecule has 104 valence electrons. The largest absolute Gasteiger partial charge is 0.475 e. The van der Waals surface area contributed by atoms with Crippen molar-refractivity contribution in [3.05, 3.63) is 0 Å². The first-order chi connectivity index (χ1) is 8.47. The van der Waals surface area contributed by atoms with Gasteiger partial charge in [0.15, 0.2) is 5.78 Å². The minimum atomic E-state index is -4.95. The Labute approximate surface area is 101 Å². The van der Waals surface area contributed by atoms with E-state index in [1.54, 1.807) is 0 Å². The molecule has 0 saturated carbocycles. The van der Waals surface area contributed by atoms with Crippen LogP contribution >= 0.6 is 7.82 Å². The maximum atomic E-state index is 11.2. The van der Waals surface area contributed by atoms with Gasteiger partial charge < -0.3 is 25.1 Å². The summed E-state index contributed by atoms with van der Waals surface area (Å²) < 4.78 is 21.0. The smallest absolute Gasteiger partial charge is 0.469 e. The van der Waals surface area contributed by atoms with Gasteiger partial charge in [-0.05, 0) is 0 Å². The van der Waals surface area contributed by atoms with Gasteiger partial charge in [0, 0.05) is 1.37 Å². The summed E-state index contributed by atoms with van der Waals surface area (Å²) in [6, 6.07) is 0. The van der Waals surface area contributed by atoms with Crippen molar-refractivity contribution in [3.8, 4) is 0 Å². The fraction of sp³-hybridized carbons (Fsp3) is 0.571. The Bertz CT molecular complexity index is 416. The van der Waals surface area contributed by atoms with Crippen LogP contribution in [0.15, 0.2) is 0 Å². The standard InChI is InChI=1S/C7H11O10P/c8-3(1-4(9)7(12)13)6(11)5(10)2-17-18(14,15)16/h3,5,8,10H,1-2H2,(H,12,13)(H2,14,15,16)/t3-,5+/m0/s1/i1D/t1-,3-,5+. The number of aliphatic hydroxyl groups excluding tert-OH is 2. The number of Topliss-reactive ketones (excluding diaryl/α,β-unsaturated/α-hetero) is 2. The van der Waals surface area contributed by atoms with E-state index in [-0.39, 0.29) is 0 Å². The first kappa shape index (κ1) is 14.9. The van der Waals surface area contributed by atoms with Gasteiger partial charge in [0.05, 0.1) is 13.0 Å². The number of phosphoric ester groups is 1. The van der Waals surface area contributed by atoms with Crippen molar-refractivity contribution in [3.63, 3.8) is 0 Å². The van der Waals surface area contributed by atoms with Gasteiger partial charge in [0.25, 0.3) is 0 Å². The Balaban J connectivity index is 4.60. The number of aliphatic hydroxyl groups is 2. The molecule has 3 atom stereocenters. The first-order valence-corrected chi connectivity index (χ1v) is 5.79. The highest BCUT2D eigenvalue weighted by atomic mass is 31.2. The Kier molecular flexibility index (Phi) is 5.54. The lowest BCUT2D eigenvalue weighted by Crippen LogP contribution is -2.37. The summed E-state index contributed by atoms with van der Waals surface area (Å²) in [6.07, 6.45) is -7.05. The van der Waals surface area contributed by atoms with E-state index in [4.69, 9.17) is 21.4 Å². The number of hydrogen-bond acceptors (Lipinski definition) is 7. The second-order valence-corrected chi connectivity index (χ2v) is 4.22. The van der Waals surface area contributed by atoms with Gasteiger partial charge in [0.2, 0.25) is 5.78 Å². The molecule has 0 aliphatic rings. The highest BCUT2D eigenvalue weighted by molar-refractivity contribution is 7.46. The number of carboxylic acid groups (broad SMARTS) is 1. The maximum absolute atomic E-state index is 11.2. The molecule has 0 amide bonds. The monoisotopic (exact) mass is 287 g/mol. The number of carbonyl (C=O) groups is 3. The molecule has 10 nitrogen and oxygen atoms in total. The predicted molar refractivity (Wildman–Crippen MR) is 52.3 cm³/mol. The molecule has 5 N–H and O–H groups in total. The van der Waals surface area contributed by atoms with E-state index in [0.717, 1.165) is 0 Å². The van der Waals surface area contributed by atoms with Gasteiger partial charge in [-0.1, -0.05) is 0 Å². The number of rotatable bonds is 8. The second-order valence-electron chi connectivity index (χ2n) is 2.99. The van der Waals surface area contributed by atoms with E-state index < -0.39 is 50.6 Å². The van der Waals surface area contributed by atoms with Crippen LogP contribution in [0.2, 0.25) is 0 Å². The third kappa shape index (κ3) is 6.55. The highest BCUT2D eigenvalue weighted by Crippen LogP contribution is 2.35. The van der Waals surface area contributed by atoms with Crippen LogP contribution in [0.5, 0.6) is 0 Å². The average molecular weight is 287 g/mol. The van der Waals surface area contributed by atoms with Crippen molar-refractivity contribution in [1.82, 2.24) is 0 Å². The van der Waals surface area contributed by atoms with Crippen LogP contribution in [0.4, 0.5) is 0 Å². The summed E-state index contributed by atoms with van der Waals surface area (Å²) >= 11 is 0. The molecule has 0 bridgehead atoms. The normalized spacial score (nSPS) is 17.4. The summed E-state index contributed by atoms with van der Waals surface area (Å²) in [6.45, 7) is -1.19. The van der Waals surface area contributed by atoms with Crippen molar-refractivity contribution in [2.24, 2.45) is 0 Å². The molecule has 0 aliphatic heterocycles. The zero-order chi connectivity index (χ0) is 15.4. The van der Waals surface area contributed by atoms with Crippen LogP contribution in [-0.2, 0) is 23.5 Å². The van der Waals surface area contributed by atoms with Crippen molar-refractivity contribution in [1.29, 1.82) is 0 Å². The Morgan fingerprint density at radius 2 is 1.72 bits per heavy atom. The van der Waals surface area contributed by atoms with Crippen molar-refractivity contribution in [2.75, 3.05) is 6.61 Å². The van der Waals surface area contributed by atoms with E-state index in [1.165, 1.54) is 0 Å². The van der Waals surface area contributed by atoms with Gasteiger partial charge in [-0.2, -0.15) is 0 Å². The van der Waals surface area contributed by atoms with Gasteiger partial charge in [0.1, 0.15) is 12.2 Å². The number of carboxylic acids is 1. The quantitative estimate of drug-likeness (QED) is 0.235. The molecule has 0 rings (SSSR count). The van der Waals surface area contributed by atoms with Crippen LogP contribution in [0, 0.1) is 0 Å². The maximum Gasteiger partial charge on any atom is 0.469 e. The molecular formula is C7H11O10P. The summed E-state index contributed by atoms with van der Waals surface area (Å²) in [4.78, 5) is 48.8. The minimum absolute atomic E-state index is 1.19. The second kappa shape index (κ2) is 6.69. The topological polar surface area (TPSA) is 179 Å². The van der Waals surface area contributed by atoms with E-state index in [1.807, 2.05) is 0 Å². The fourth-order valence-corrected chi connectivity index (χ4v) is 1.08. The summed E-state index contributed by atoms with van der Waals surface area (Å²) in [5.74, 6) is -5.39. The van der Waals surface area contributed by atoms with Crippen molar-refractivity contribution < 1.29 is 49.9 Å². The third-order valence-corrected chi connectivity index (χ3v) is 2.03. The molecule has 0 radical (unpaired) electrons. The molecule has 0 fully saturated rings. The molecule has 0 aromatic heterocycles. The van der Waals surface area contributed by atoms with Gasteiger partial charge in [-0.25, -0.2) is 9.36 Å². The van der Waals surface area contributed by atoms with Crippen LogP contribution in [-0.4, -0.2) is 61.5 Å². The lowest BCUT2D eigenvalue weighted by Gasteiger charge is -2.13. The Hall–Kier alpha value is -1.16. The first-order valence-electron chi connectivity index (χ1n) is 4.84. The lowest BCUT2D eigenvalue weighted by molar-refractivity contribution is -0.151. The van der Waals surface area contributed by atoms with E-state index in [0.29, 0.717) is 0 Å². The molecular weight excluding hydrogens is 275 g/mol. The lowest BCUT2D eigenvalue weighted by atomic mass is 10.1. The minimum Gasteiger partial charge on any atom is -0.475 e. The molecule has 0 spiro atoms. The molecule has 0 aromatic rings. The predicted octanol–water partition coefficient (Wildman–Crippen LogP) is -2.57. The highest BCUT2D eigenvalue weighted by Gasteiger charge is 2.29. The number of phosphoric acid groups is 1. The van der Waals surface area contributed by atoms with Gasteiger partial charge in [-0.15, -0.1) is 0 Å². The zero-order valence-corrected chi connectivity index (χ0v) is 9.56. The van der Waals surface area contributed by atoms with Crippen LogP contribution in [0.1, 0.15) is 7.77 Å². The number of ketones is 2. The molecule has 0 unspecified atom stereocenters.